The summed E-state index contributed by atoms with van der Waals surface area (Å²) in [6.45, 7) is 1.88. The van der Waals surface area contributed by atoms with Crippen LogP contribution < -0.4 is 0 Å². The molecular formula is C11H22N2O. The highest BCUT2D eigenvalue weighted by atomic mass is 16.3. The van der Waals surface area contributed by atoms with E-state index in [1.807, 2.05) is 0 Å². The van der Waals surface area contributed by atoms with Crippen molar-refractivity contribution in [2.24, 2.45) is 0 Å². The summed E-state index contributed by atoms with van der Waals surface area (Å²) in [7, 11) is 2.19. The number of aliphatic hydroxyl groups excluding tert-OH is 1. The number of nitrogens with zero attached hydrogens (tertiary/aromatic N) is 2. The first-order chi connectivity index (χ1) is 6.77. The van der Waals surface area contributed by atoms with Gasteiger partial charge in [0.05, 0.1) is 6.10 Å². The van der Waals surface area contributed by atoms with Crippen LogP contribution >= 0.6 is 0 Å². The summed E-state index contributed by atoms with van der Waals surface area (Å²) < 4.78 is 0. The Bertz CT molecular complexity index is 175. The Morgan fingerprint density at radius 3 is 2.43 bits per heavy atom. The first kappa shape index (κ1) is 10.4. The molecule has 0 aromatic heterocycles. The average Bonchev–Trinajstić information content (AvgIpc) is 2.65. The molecule has 3 heteroatoms. The first-order valence-electron chi connectivity index (χ1n) is 5.93. The fourth-order valence-corrected chi connectivity index (χ4v) is 2.70. The van der Waals surface area contributed by atoms with Crippen LogP contribution in [0.4, 0.5) is 0 Å². The van der Waals surface area contributed by atoms with Crippen molar-refractivity contribution in [3.63, 3.8) is 0 Å². The Hall–Kier alpha value is -0.120. The van der Waals surface area contributed by atoms with Crippen LogP contribution in [0.5, 0.6) is 0 Å². The van der Waals surface area contributed by atoms with Crippen LogP contribution in [0.3, 0.4) is 0 Å². The SMILES string of the molecule is CN(C1CCCCC1)N1CCC(O)C1. The van der Waals surface area contributed by atoms with Gasteiger partial charge in [-0.3, -0.25) is 0 Å². The third kappa shape index (κ3) is 2.27. The largest absolute Gasteiger partial charge is 0.392 e. The van der Waals surface area contributed by atoms with Gasteiger partial charge in [-0.1, -0.05) is 19.3 Å². The molecule has 1 aliphatic heterocycles. The van der Waals surface area contributed by atoms with E-state index in [2.05, 4.69) is 17.1 Å². The second-order valence-electron chi connectivity index (χ2n) is 4.72. The lowest BCUT2D eigenvalue weighted by atomic mass is 9.95. The van der Waals surface area contributed by atoms with Crippen molar-refractivity contribution in [3.05, 3.63) is 0 Å². The van der Waals surface area contributed by atoms with Gasteiger partial charge in [0, 0.05) is 26.2 Å². The van der Waals surface area contributed by atoms with Gasteiger partial charge in [0.25, 0.3) is 0 Å². The third-order valence-corrected chi connectivity index (χ3v) is 3.69. The van der Waals surface area contributed by atoms with Gasteiger partial charge >= 0.3 is 0 Å². The zero-order valence-electron chi connectivity index (χ0n) is 9.15. The third-order valence-electron chi connectivity index (χ3n) is 3.69. The van der Waals surface area contributed by atoms with E-state index in [9.17, 15) is 5.11 Å². The van der Waals surface area contributed by atoms with Crippen LogP contribution in [0.2, 0.25) is 0 Å². The van der Waals surface area contributed by atoms with Gasteiger partial charge in [-0.15, -0.1) is 0 Å². The lowest BCUT2D eigenvalue weighted by molar-refractivity contribution is -0.0369. The maximum Gasteiger partial charge on any atom is 0.0694 e. The summed E-state index contributed by atoms with van der Waals surface area (Å²) in [5.74, 6) is 0. The van der Waals surface area contributed by atoms with Gasteiger partial charge in [-0.25, -0.2) is 10.0 Å². The van der Waals surface area contributed by atoms with Gasteiger partial charge in [-0.2, -0.15) is 0 Å². The van der Waals surface area contributed by atoms with E-state index < -0.39 is 0 Å². The lowest BCUT2D eigenvalue weighted by Gasteiger charge is -2.37. The highest BCUT2D eigenvalue weighted by Crippen LogP contribution is 2.24. The van der Waals surface area contributed by atoms with Crippen molar-refractivity contribution in [2.45, 2.75) is 50.7 Å². The van der Waals surface area contributed by atoms with E-state index in [1.54, 1.807) is 0 Å². The van der Waals surface area contributed by atoms with Gasteiger partial charge in [-0.05, 0) is 19.3 Å². The molecule has 0 spiro atoms. The first-order valence-corrected chi connectivity index (χ1v) is 5.93. The molecule has 1 atom stereocenters. The summed E-state index contributed by atoms with van der Waals surface area (Å²) in [4.78, 5) is 0. The van der Waals surface area contributed by atoms with Crippen LogP contribution in [-0.4, -0.2) is 47.4 Å². The molecule has 2 fully saturated rings. The van der Waals surface area contributed by atoms with Crippen molar-refractivity contribution in [3.8, 4) is 0 Å². The van der Waals surface area contributed by atoms with E-state index in [0.717, 1.165) is 25.6 Å². The van der Waals surface area contributed by atoms with Crippen LogP contribution in [0.15, 0.2) is 0 Å². The van der Waals surface area contributed by atoms with Crippen molar-refractivity contribution < 1.29 is 5.11 Å². The van der Waals surface area contributed by atoms with E-state index >= 15 is 0 Å². The normalized spacial score (nSPS) is 31.5. The molecule has 0 amide bonds. The van der Waals surface area contributed by atoms with Gasteiger partial charge in [0.1, 0.15) is 0 Å². The maximum absolute atomic E-state index is 9.48. The van der Waals surface area contributed by atoms with Crippen LogP contribution in [0.1, 0.15) is 38.5 Å². The zero-order valence-corrected chi connectivity index (χ0v) is 9.15. The van der Waals surface area contributed by atoms with Crippen LogP contribution in [0, 0.1) is 0 Å². The number of β-amino-alcohol motifs (C(OH)–C–C–N with tert-alkyl or cyclic N) is 1. The zero-order chi connectivity index (χ0) is 9.97. The Morgan fingerprint density at radius 1 is 1.14 bits per heavy atom. The molecule has 0 aromatic rings. The van der Waals surface area contributed by atoms with Crippen LogP contribution in [0.25, 0.3) is 0 Å². The second-order valence-corrected chi connectivity index (χ2v) is 4.72. The molecule has 3 nitrogen and oxygen atoms in total. The summed E-state index contributed by atoms with van der Waals surface area (Å²) in [6.07, 6.45) is 7.69. The van der Waals surface area contributed by atoms with Crippen LogP contribution in [-0.2, 0) is 0 Å². The lowest BCUT2D eigenvalue weighted by Crippen LogP contribution is -2.46. The molecule has 1 aliphatic carbocycles. The molecule has 82 valence electrons. The fourth-order valence-electron chi connectivity index (χ4n) is 2.70. The Balaban J connectivity index is 1.84. The molecule has 1 unspecified atom stereocenters. The van der Waals surface area contributed by atoms with Gasteiger partial charge < -0.3 is 5.11 Å². The van der Waals surface area contributed by atoms with E-state index in [4.69, 9.17) is 0 Å². The highest BCUT2D eigenvalue weighted by Gasteiger charge is 2.28. The topological polar surface area (TPSA) is 26.7 Å². The van der Waals surface area contributed by atoms with Gasteiger partial charge in [0.15, 0.2) is 0 Å². The van der Waals surface area contributed by atoms with Crippen molar-refractivity contribution in [2.75, 3.05) is 20.1 Å². The monoisotopic (exact) mass is 198 g/mol. The second kappa shape index (κ2) is 4.60. The summed E-state index contributed by atoms with van der Waals surface area (Å²) >= 11 is 0. The van der Waals surface area contributed by atoms with Gasteiger partial charge in [0.2, 0.25) is 0 Å². The predicted octanol–water partition coefficient (Wildman–Crippen LogP) is 1.23. The summed E-state index contributed by atoms with van der Waals surface area (Å²) in [5, 5.41) is 14.2. The summed E-state index contributed by atoms with van der Waals surface area (Å²) in [6, 6.07) is 0.731. The van der Waals surface area contributed by atoms with E-state index in [1.165, 1.54) is 32.1 Å². The quantitative estimate of drug-likeness (QED) is 0.723. The van der Waals surface area contributed by atoms with Crippen molar-refractivity contribution in [1.82, 2.24) is 10.0 Å². The number of rotatable bonds is 2. The molecule has 14 heavy (non-hydrogen) atoms. The molecule has 1 N–H and O–H groups in total. The summed E-state index contributed by atoms with van der Waals surface area (Å²) in [5.41, 5.74) is 0. The average molecular weight is 198 g/mol. The molecule has 2 rings (SSSR count). The smallest absolute Gasteiger partial charge is 0.0694 e. The number of hydrogen-bond donors (Lipinski definition) is 1. The number of aliphatic hydroxyl groups is 1. The van der Waals surface area contributed by atoms with Crippen molar-refractivity contribution in [1.29, 1.82) is 0 Å². The molecule has 1 saturated heterocycles. The molecule has 1 heterocycles. The van der Waals surface area contributed by atoms with E-state index in [0.29, 0.717) is 0 Å². The number of hydrogen-bond acceptors (Lipinski definition) is 3. The fraction of sp³-hybridized carbons (Fsp3) is 1.00. The predicted molar refractivity (Wildman–Crippen MR) is 56.8 cm³/mol. The highest BCUT2D eigenvalue weighted by molar-refractivity contribution is 4.77. The molecule has 2 aliphatic rings. The standard InChI is InChI=1S/C11H22N2O/c1-12(10-5-3-2-4-6-10)13-8-7-11(14)9-13/h10-11,14H,2-9H2,1H3. The number of hydrazine groups is 1. The molecule has 0 aromatic carbocycles. The Morgan fingerprint density at radius 2 is 1.86 bits per heavy atom. The minimum absolute atomic E-state index is 0.0963. The Labute approximate surface area is 86.7 Å². The molecule has 0 radical (unpaired) electrons. The Kier molecular flexibility index (Phi) is 3.42. The minimum Gasteiger partial charge on any atom is -0.392 e. The molecule has 0 bridgehead atoms. The van der Waals surface area contributed by atoms with Crippen molar-refractivity contribution >= 4 is 0 Å². The minimum atomic E-state index is -0.0963. The van der Waals surface area contributed by atoms with E-state index in [-0.39, 0.29) is 6.10 Å². The molecule has 1 saturated carbocycles. The maximum atomic E-state index is 9.48. The molecular weight excluding hydrogens is 176 g/mol.